The normalized spacial score (nSPS) is 14.3. The lowest BCUT2D eigenvalue weighted by molar-refractivity contribution is 0.364. The molecule has 1 saturated carbocycles. The summed E-state index contributed by atoms with van der Waals surface area (Å²) in [7, 11) is 1.73. The quantitative estimate of drug-likeness (QED) is 0.753. The van der Waals surface area contributed by atoms with Crippen LogP contribution >= 0.6 is 0 Å². The van der Waals surface area contributed by atoms with Crippen molar-refractivity contribution in [3.63, 3.8) is 0 Å². The summed E-state index contributed by atoms with van der Waals surface area (Å²) in [6.07, 6.45) is 6.08. The van der Waals surface area contributed by atoms with Crippen LogP contribution in [0.4, 0.5) is 0 Å². The van der Waals surface area contributed by atoms with Crippen LogP contribution in [0, 0.1) is 5.92 Å². The minimum absolute atomic E-state index is 0.612. The van der Waals surface area contributed by atoms with Gasteiger partial charge in [0.05, 0.1) is 12.9 Å². The van der Waals surface area contributed by atoms with Crippen LogP contribution in [-0.4, -0.2) is 12.2 Å². The number of hydrogen-bond acceptors (Lipinski definition) is 2. The molecule has 0 unspecified atom stereocenters. The number of allylic oxidation sites excluding steroid dienone is 2. The Morgan fingerprint density at radius 2 is 2.05 bits per heavy atom. The maximum absolute atomic E-state index is 9.98. The minimum atomic E-state index is 0.612. The summed E-state index contributed by atoms with van der Waals surface area (Å²) in [4.78, 5) is 0. The molecule has 1 aliphatic rings. The lowest BCUT2D eigenvalue weighted by atomic mass is 9.89. The molecule has 0 saturated heterocycles. The van der Waals surface area contributed by atoms with Crippen LogP contribution in [0.3, 0.4) is 0 Å². The zero-order chi connectivity index (χ0) is 14.5. The summed E-state index contributed by atoms with van der Waals surface area (Å²) in [5.74, 6) is 2.22. The average molecular weight is 274 g/mol. The molecule has 0 atom stereocenters. The highest BCUT2D eigenvalue weighted by Crippen LogP contribution is 2.30. The van der Waals surface area contributed by atoms with Crippen molar-refractivity contribution in [2.24, 2.45) is 5.92 Å². The van der Waals surface area contributed by atoms with Gasteiger partial charge in [-0.1, -0.05) is 26.0 Å². The molecule has 1 fully saturated rings. The molecular formula is C18H26O2. The molecule has 110 valence electrons. The van der Waals surface area contributed by atoms with Gasteiger partial charge < -0.3 is 9.84 Å². The van der Waals surface area contributed by atoms with E-state index in [9.17, 15) is 5.11 Å². The first-order valence-corrected chi connectivity index (χ1v) is 7.65. The number of benzene rings is 1. The van der Waals surface area contributed by atoms with Crippen molar-refractivity contribution in [3.8, 4) is 5.75 Å². The third-order valence-electron chi connectivity index (χ3n) is 4.00. The Labute approximate surface area is 122 Å². The molecule has 0 spiro atoms. The van der Waals surface area contributed by atoms with E-state index in [2.05, 4.69) is 32.0 Å². The third kappa shape index (κ3) is 3.78. The summed E-state index contributed by atoms with van der Waals surface area (Å²) in [5, 5.41) is 9.98. The van der Waals surface area contributed by atoms with Gasteiger partial charge in [-0.15, -0.1) is 0 Å². The zero-order valence-electron chi connectivity index (χ0n) is 12.9. The second-order valence-electron chi connectivity index (χ2n) is 6.15. The highest BCUT2D eigenvalue weighted by Gasteiger charge is 2.14. The van der Waals surface area contributed by atoms with Gasteiger partial charge in [0.15, 0.2) is 0 Å². The molecule has 0 amide bonds. The summed E-state index contributed by atoms with van der Waals surface area (Å²) >= 11 is 0. The molecular weight excluding hydrogens is 248 g/mol. The predicted octanol–water partition coefficient (Wildman–Crippen LogP) is 4.82. The van der Waals surface area contributed by atoms with E-state index in [1.165, 1.54) is 23.1 Å². The number of hydrogen-bond donors (Lipinski definition) is 1. The molecule has 0 radical (unpaired) electrons. The third-order valence-corrected chi connectivity index (χ3v) is 4.00. The molecule has 0 aliphatic heterocycles. The van der Waals surface area contributed by atoms with Crippen molar-refractivity contribution >= 4 is 0 Å². The van der Waals surface area contributed by atoms with Gasteiger partial charge in [-0.05, 0) is 60.8 Å². The second-order valence-corrected chi connectivity index (χ2v) is 6.15. The van der Waals surface area contributed by atoms with E-state index in [4.69, 9.17) is 4.74 Å². The number of aliphatic hydroxyl groups is 1. The van der Waals surface area contributed by atoms with E-state index in [-0.39, 0.29) is 0 Å². The molecule has 1 aromatic rings. The molecule has 20 heavy (non-hydrogen) atoms. The number of aryl methyl sites for hydroxylation is 1. The molecule has 1 aliphatic carbocycles. The van der Waals surface area contributed by atoms with E-state index >= 15 is 0 Å². The smallest absolute Gasteiger partial charge is 0.122 e. The second kappa shape index (κ2) is 6.83. The SMILES string of the molecule is COc1cc(CCC(O)=C2CCC2)ccc1CC(C)C. The van der Waals surface area contributed by atoms with Gasteiger partial charge in [0.25, 0.3) is 0 Å². The van der Waals surface area contributed by atoms with Crippen molar-refractivity contribution in [2.45, 2.75) is 52.4 Å². The molecule has 0 aromatic heterocycles. The number of methoxy groups -OCH3 is 1. The summed E-state index contributed by atoms with van der Waals surface area (Å²) in [6.45, 7) is 4.44. The van der Waals surface area contributed by atoms with Crippen molar-refractivity contribution in [1.82, 2.24) is 0 Å². The van der Waals surface area contributed by atoms with Gasteiger partial charge in [0.1, 0.15) is 5.75 Å². The van der Waals surface area contributed by atoms with Gasteiger partial charge in [-0.3, -0.25) is 0 Å². The summed E-state index contributed by atoms with van der Waals surface area (Å²) < 4.78 is 5.50. The zero-order valence-corrected chi connectivity index (χ0v) is 12.9. The van der Waals surface area contributed by atoms with Crippen LogP contribution < -0.4 is 4.74 Å². The van der Waals surface area contributed by atoms with Gasteiger partial charge in [-0.2, -0.15) is 0 Å². The number of rotatable bonds is 6. The fourth-order valence-corrected chi connectivity index (χ4v) is 2.63. The highest BCUT2D eigenvalue weighted by molar-refractivity contribution is 5.38. The van der Waals surface area contributed by atoms with Crippen LogP contribution in [0.5, 0.6) is 5.75 Å². The molecule has 0 bridgehead atoms. The minimum Gasteiger partial charge on any atom is -0.512 e. The molecule has 2 rings (SSSR count). The van der Waals surface area contributed by atoms with E-state index in [0.29, 0.717) is 11.7 Å². The predicted molar refractivity (Wildman–Crippen MR) is 83.4 cm³/mol. The fraction of sp³-hybridized carbons (Fsp3) is 0.556. The van der Waals surface area contributed by atoms with Gasteiger partial charge in [0.2, 0.25) is 0 Å². The molecule has 1 N–H and O–H groups in total. The van der Waals surface area contributed by atoms with Crippen LogP contribution in [0.25, 0.3) is 0 Å². The number of aliphatic hydroxyl groups excluding tert-OH is 1. The van der Waals surface area contributed by atoms with E-state index < -0.39 is 0 Å². The fourth-order valence-electron chi connectivity index (χ4n) is 2.63. The first-order valence-electron chi connectivity index (χ1n) is 7.65. The first-order chi connectivity index (χ1) is 9.60. The van der Waals surface area contributed by atoms with Gasteiger partial charge in [0, 0.05) is 6.42 Å². The average Bonchev–Trinajstić information content (AvgIpc) is 2.34. The van der Waals surface area contributed by atoms with E-state index in [0.717, 1.165) is 37.9 Å². The van der Waals surface area contributed by atoms with Crippen molar-refractivity contribution < 1.29 is 9.84 Å². The lowest BCUT2D eigenvalue weighted by Gasteiger charge is -2.18. The topological polar surface area (TPSA) is 29.5 Å². The van der Waals surface area contributed by atoms with Crippen LogP contribution in [-0.2, 0) is 12.8 Å². The Balaban J connectivity index is 2.01. The Morgan fingerprint density at radius 3 is 2.60 bits per heavy atom. The largest absolute Gasteiger partial charge is 0.512 e. The van der Waals surface area contributed by atoms with Crippen molar-refractivity contribution in [3.05, 3.63) is 40.7 Å². The van der Waals surface area contributed by atoms with E-state index in [1.807, 2.05) is 0 Å². The van der Waals surface area contributed by atoms with Crippen molar-refractivity contribution in [1.29, 1.82) is 0 Å². The van der Waals surface area contributed by atoms with Crippen LogP contribution in [0.2, 0.25) is 0 Å². The molecule has 2 nitrogen and oxygen atoms in total. The number of ether oxygens (including phenoxy) is 1. The maximum atomic E-state index is 9.98. The molecule has 1 aromatic carbocycles. The van der Waals surface area contributed by atoms with Gasteiger partial charge in [-0.25, -0.2) is 0 Å². The summed E-state index contributed by atoms with van der Waals surface area (Å²) in [6, 6.07) is 6.46. The highest BCUT2D eigenvalue weighted by atomic mass is 16.5. The molecule has 0 heterocycles. The van der Waals surface area contributed by atoms with E-state index in [1.54, 1.807) is 7.11 Å². The first kappa shape index (κ1) is 15.0. The molecule has 2 heteroatoms. The monoisotopic (exact) mass is 274 g/mol. The maximum Gasteiger partial charge on any atom is 0.122 e. The van der Waals surface area contributed by atoms with Crippen LogP contribution in [0.15, 0.2) is 29.5 Å². The van der Waals surface area contributed by atoms with Crippen LogP contribution in [0.1, 0.15) is 50.7 Å². The lowest BCUT2D eigenvalue weighted by Crippen LogP contribution is -2.03. The Kier molecular flexibility index (Phi) is 5.11. The standard InChI is InChI=1S/C18H26O2/c1-13(2)11-16-9-7-14(12-18(16)20-3)8-10-17(19)15-5-4-6-15/h7,9,12-13,19H,4-6,8,10-11H2,1-3H3. The Bertz CT molecular complexity index is 480. The Hall–Kier alpha value is -1.44. The van der Waals surface area contributed by atoms with Crippen molar-refractivity contribution in [2.75, 3.05) is 7.11 Å². The Morgan fingerprint density at radius 1 is 1.30 bits per heavy atom. The van der Waals surface area contributed by atoms with Gasteiger partial charge >= 0.3 is 0 Å². The summed E-state index contributed by atoms with van der Waals surface area (Å²) in [5.41, 5.74) is 3.77.